The molecule has 500 valence electrons. The molecule has 0 spiro atoms. The van der Waals surface area contributed by atoms with E-state index in [4.69, 9.17) is 32.7 Å². The SMILES string of the molecule is COc1ccc(Nc2ccc(N=Nc3n(CCCn4cc[n+](CCCn5cc[n+](C)c5N=Nc5ccc(Nc6ccc(OC)cc6)cc5)c4)cc[n+]3C)cc2)cc1.C[n+]1ccn(CCCn2cc[n+](CCCn3cc[n+](C)c3N=Nc3ccc(Cl)cc3)c2)c1N=Nc1ccc(Cl)cc1. The van der Waals surface area contributed by atoms with Crippen LogP contribution in [0.15, 0.2) is 274 Å². The predicted molar refractivity (Wildman–Crippen MR) is 375 cm³/mol. The summed E-state index contributed by atoms with van der Waals surface area (Å²) in [6.45, 7) is 6.93. The predicted octanol–water partition coefficient (Wildman–Crippen LogP) is 14.9. The first-order valence-corrected chi connectivity index (χ1v) is 33.1. The maximum absolute atomic E-state index is 5.96. The van der Waals surface area contributed by atoms with Crippen molar-refractivity contribution in [2.24, 2.45) is 69.1 Å². The van der Waals surface area contributed by atoms with E-state index >= 15 is 0 Å². The third-order valence-electron chi connectivity index (χ3n) is 16.1. The van der Waals surface area contributed by atoms with E-state index in [1.54, 1.807) is 14.2 Å². The number of nitrogens with zero attached hydrogens (tertiary/aromatic N) is 20. The number of methoxy groups -OCH3 is 2. The van der Waals surface area contributed by atoms with Gasteiger partial charge in [0, 0.05) is 78.9 Å². The van der Waals surface area contributed by atoms with Gasteiger partial charge in [-0.3, -0.25) is 0 Å². The van der Waals surface area contributed by atoms with Gasteiger partial charge in [-0.2, -0.15) is 0 Å². The van der Waals surface area contributed by atoms with E-state index in [1.165, 1.54) is 0 Å². The summed E-state index contributed by atoms with van der Waals surface area (Å²) in [5.74, 6) is 4.84. The van der Waals surface area contributed by atoms with Gasteiger partial charge in [0.25, 0.3) is 0 Å². The van der Waals surface area contributed by atoms with Gasteiger partial charge < -0.3 is 20.1 Å². The number of benzene rings is 6. The highest BCUT2D eigenvalue weighted by Gasteiger charge is 2.20. The average Bonchev–Trinajstić information content (AvgIpc) is 1.78. The standard InChI is InChI=1S/C43H47N12O2.C29H33Cl2N10/c1-50-27-31-54(42(50)48-46-38-11-7-34(8-12-38)44-36-15-19-40(56-3)20-16-36)25-5-23-52-29-30-53(33-52)24-6-26-55-32-28-51(2)43(55)49-47-39-13-9-35(10-14-39)45-37-17-21-41(57-4)22-18-37;1-36-17-21-40(28(36)34-32-26-9-5-24(30)6-10-26)15-3-13-38-19-20-39(23-38)14-4-16-41-22-18-37(2)29(41)35-33-27-11-7-25(31)8-12-27/h7-22,27-33H,5-6,23-26H2,1-4H3;5-12,17-23H,3-4,13-16H2,1-2H3/q+1;+3/p+2. The molecule has 0 saturated heterocycles. The van der Waals surface area contributed by atoms with E-state index in [2.05, 4.69) is 138 Å². The number of hydrogen-bond acceptors (Lipinski definition) is 12. The molecule has 0 atom stereocenters. The molecule has 0 amide bonds. The maximum atomic E-state index is 5.96. The van der Waals surface area contributed by atoms with Crippen LogP contribution in [-0.2, 0) is 80.5 Å². The fourth-order valence-corrected chi connectivity index (χ4v) is 11.0. The van der Waals surface area contributed by atoms with Crippen molar-refractivity contribution in [2.75, 3.05) is 24.9 Å². The van der Waals surface area contributed by atoms with Gasteiger partial charge in [0.2, 0.25) is 12.7 Å². The summed E-state index contributed by atoms with van der Waals surface area (Å²) >= 11 is 11.9. The molecule has 2 N–H and O–H groups in total. The summed E-state index contributed by atoms with van der Waals surface area (Å²) in [7, 11) is 11.3. The molecule has 0 aliphatic carbocycles. The fraction of sp³-hybridized carbons (Fsp3) is 0.250. The minimum atomic E-state index is 0.682. The molecule has 26 heteroatoms. The van der Waals surface area contributed by atoms with Crippen LogP contribution in [0, 0.1) is 0 Å². The van der Waals surface area contributed by atoms with Crippen LogP contribution in [0.1, 0.15) is 25.7 Å². The molecule has 0 unspecified atom stereocenters. The van der Waals surface area contributed by atoms with Crippen LogP contribution in [0.25, 0.3) is 0 Å². The van der Waals surface area contributed by atoms with Crippen molar-refractivity contribution in [1.29, 1.82) is 0 Å². The monoisotopic (exact) mass is 1360 g/mol. The van der Waals surface area contributed by atoms with Crippen molar-refractivity contribution in [3.63, 3.8) is 0 Å². The minimum Gasteiger partial charge on any atom is -0.497 e. The highest BCUT2D eigenvalue weighted by Crippen LogP contribution is 2.27. The lowest BCUT2D eigenvalue weighted by molar-refractivity contribution is -0.697. The van der Waals surface area contributed by atoms with Crippen molar-refractivity contribution in [1.82, 2.24) is 27.4 Å². The topological polar surface area (TPSA) is 194 Å². The smallest absolute Gasteiger partial charge is 0.421 e. The Morgan fingerprint density at radius 3 is 0.898 bits per heavy atom. The molecule has 12 rings (SSSR count). The molecule has 6 aromatic carbocycles. The first-order chi connectivity index (χ1) is 47.9. The first kappa shape index (κ1) is 68.2. The summed E-state index contributed by atoms with van der Waals surface area (Å²) in [5, 5.41) is 44.0. The van der Waals surface area contributed by atoms with Crippen molar-refractivity contribution < 1.29 is 36.9 Å². The molecule has 0 radical (unpaired) electrons. The van der Waals surface area contributed by atoms with Gasteiger partial charge in [-0.05, 0) is 146 Å². The highest BCUT2D eigenvalue weighted by atomic mass is 35.5. The number of halogens is 2. The van der Waals surface area contributed by atoms with Crippen molar-refractivity contribution >= 4 is 92.5 Å². The lowest BCUT2D eigenvalue weighted by Gasteiger charge is -2.07. The van der Waals surface area contributed by atoms with Crippen LogP contribution < -0.4 is 47.5 Å². The Morgan fingerprint density at radius 2 is 0.602 bits per heavy atom. The molecular weight excluding hydrogens is 1280 g/mol. The minimum absolute atomic E-state index is 0.682. The molecule has 0 aliphatic rings. The number of nitrogens with one attached hydrogen (secondary N) is 2. The van der Waals surface area contributed by atoms with Crippen molar-refractivity contribution in [2.45, 2.75) is 78.0 Å². The molecule has 0 saturated carbocycles. The van der Waals surface area contributed by atoms with Gasteiger partial charge in [-0.15, -0.1) is 0 Å². The van der Waals surface area contributed by atoms with Gasteiger partial charge in [0.05, 0.1) is 144 Å². The van der Waals surface area contributed by atoms with Crippen LogP contribution in [0.3, 0.4) is 0 Å². The Labute approximate surface area is 579 Å². The lowest BCUT2D eigenvalue weighted by atomic mass is 10.2. The summed E-state index contributed by atoms with van der Waals surface area (Å²) in [5.41, 5.74) is 7.02. The van der Waals surface area contributed by atoms with Gasteiger partial charge in [0.1, 0.15) is 59.0 Å². The summed E-state index contributed by atoms with van der Waals surface area (Å²) < 4.78 is 35.8. The third-order valence-corrected chi connectivity index (χ3v) is 16.6. The number of imidazole rings is 6. The van der Waals surface area contributed by atoms with Crippen molar-refractivity contribution in [3.05, 3.63) is 243 Å². The van der Waals surface area contributed by atoms with Gasteiger partial charge >= 0.3 is 23.8 Å². The maximum Gasteiger partial charge on any atom is 0.421 e. The van der Waals surface area contributed by atoms with Crippen LogP contribution in [0.2, 0.25) is 10.0 Å². The number of azo groups is 4. The number of aryl methyl sites for hydroxylation is 12. The Hall–Kier alpha value is -11.2. The summed E-state index contributed by atoms with van der Waals surface area (Å²) in [6.07, 6.45) is 32.9. The van der Waals surface area contributed by atoms with Crippen LogP contribution in [0.5, 0.6) is 11.5 Å². The highest BCUT2D eigenvalue weighted by molar-refractivity contribution is 6.30. The number of ether oxygens (including phenoxy) is 2. The number of rotatable bonds is 30. The Bertz CT molecular complexity index is 4310. The molecule has 0 fully saturated rings. The van der Waals surface area contributed by atoms with E-state index < -0.39 is 0 Å². The zero-order valence-electron chi connectivity index (χ0n) is 55.9. The van der Waals surface area contributed by atoms with Crippen molar-refractivity contribution in [3.8, 4) is 11.5 Å². The van der Waals surface area contributed by atoms with Gasteiger partial charge in [0.15, 0.2) is 0 Å². The molecule has 12 aromatic rings. The summed E-state index contributed by atoms with van der Waals surface area (Å²) in [6, 6.07) is 46.1. The molecule has 6 heterocycles. The van der Waals surface area contributed by atoms with Gasteiger partial charge in [-0.25, -0.2) is 54.8 Å². The normalized spacial score (nSPS) is 11.6. The molecule has 0 aliphatic heterocycles. The second-order valence-corrected chi connectivity index (χ2v) is 24.2. The molecule has 24 nitrogen and oxygen atoms in total. The molecular formula is C72H82Cl2N22O2+6. The molecule has 98 heavy (non-hydrogen) atoms. The fourth-order valence-electron chi connectivity index (χ4n) is 10.7. The quantitative estimate of drug-likeness (QED) is 0.0334. The van der Waals surface area contributed by atoms with E-state index in [-0.39, 0.29) is 0 Å². The first-order valence-electron chi connectivity index (χ1n) is 32.4. The van der Waals surface area contributed by atoms with Crippen LogP contribution in [-0.4, -0.2) is 41.6 Å². The number of aromatic nitrogens is 12. The zero-order chi connectivity index (χ0) is 68.0. The Balaban J connectivity index is 0.000000209. The van der Waals surface area contributed by atoms with Crippen LogP contribution in [0.4, 0.5) is 69.3 Å². The van der Waals surface area contributed by atoms with Crippen LogP contribution >= 0.6 is 23.2 Å². The van der Waals surface area contributed by atoms with Gasteiger partial charge in [-0.1, -0.05) is 43.7 Å². The van der Waals surface area contributed by atoms with E-state index in [0.29, 0.717) is 10.0 Å². The largest absolute Gasteiger partial charge is 0.497 e. The zero-order valence-corrected chi connectivity index (χ0v) is 57.5. The van der Waals surface area contributed by atoms with E-state index in [0.717, 1.165) is 159 Å². The lowest BCUT2D eigenvalue weighted by Crippen LogP contribution is -2.32. The third kappa shape index (κ3) is 19.5. The molecule has 6 aromatic heterocycles. The Morgan fingerprint density at radius 1 is 0.327 bits per heavy atom. The second-order valence-electron chi connectivity index (χ2n) is 23.4. The van der Waals surface area contributed by atoms with E-state index in [1.807, 2.05) is 229 Å². The molecule has 0 bridgehead atoms. The number of hydrogen-bond donors (Lipinski definition) is 2. The number of anilines is 4. The van der Waals surface area contributed by atoms with E-state index in [9.17, 15) is 0 Å². The second kappa shape index (κ2) is 33.9. The summed E-state index contributed by atoms with van der Waals surface area (Å²) in [4.78, 5) is 0. The average molecular weight is 1360 g/mol. The Kier molecular flexibility index (Phi) is 23.6.